The van der Waals surface area contributed by atoms with Gasteiger partial charge in [-0.2, -0.15) is 0 Å². The van der Waals surface area contributed by atoms with Gasteiger partial charge in [0.1, 0.15) is 0 Å². The van der Waals surface area contributed by atoms with E-state index in [4.69, 9.17) is 17.0 Å². The smallest absolute Gasteiger partial charge is 0.270 e. The highest BCUT2D eigenvalue weighted by molar-refractivity contribution is 8.27. The number of ether oxygens (including phenoxy) is 1. The molecule has 1 aliphatic rings. The summed E-state index contributed by atoms with van der Waals surface area (Å²) in [7, 11) is 1.49. The van der Waals surface area contributed by atoms with Crippen molar-refractivity contribution in [3.8, 4) is 11.5 Å². The number of carbonyl (C=O) groups excluding carboxylic acids is 1. The maximum Gasteiger partial charge on any atom is 0.270 e. The summed E-state index contributed by atoms with van der Waals surface area (Å²) in [5, 5.41) is 12.0. The number of anilines is 1. The van der Waals surface area contributed by atoms with Gasteiger partial charge in [-0.3, -0.25) is 9.69 Å². The van der Waals surface area contributed by atoms with Crippen molar-refractivity contribution in [3.05, 3.63) is 71.1 Å². The van der Waals surface area contributed by atoms with Gasteiger partial charge in [0.15, 0.2) is 15.8 Å². The number of hydrogen-bond acceptors (Lipinski definition) is 5. The standard InChI is InChI=1S/C21H15NO3S2/c1-25-18-10-9-13(11-17(18)23)12-19-20(24)22(21(26)27-19)16-8-4-6-14-5-2-3-7-15(14)16/h2-12,23H,1H3/b19-12-. The average molecular weight is 393 g/mol. The van der Waals surface area contributed by atoms with E-state index in [0.29, 0.717) is 20.5 Å². The summed E-state index contributed by atoms with van der Waals surface area (Å²) in [6, 6.07) is 18.7. The van der Waals surface area contributed by atoms with Crippen LogP contribution in [0.25, 0.3) is 16.8 Å². The Morgan fingerprint density at radius 1 is 1.11 bits per heavy atom. The Kier molecular flexibility index (Phi) is 4.59. The first-order valence-electron chi connectivity index (χ1n) is 8.21. The minimum Gasteiger partial charge on any atom is -0.504 e. The molecule has 1 heterocycles. The maximum atomic E-state index is 13.0. The first kappa shape index (κ1) is 17.6. The van der Waals surface area contributed by atoms with E-state index in [1.165, 1.54) is 18.9 Å². The fourth-order valence-electron chi connectivity index (χ4n) is 3.03. The van der Waals surface area contributed by atoms with Crippen molar-refractivity contribution in [2.75, 3.05) is 12.0 Å². The summed E-state index contributed by atoms with van der Waals surface area (Å²) in [5.41, 5.74) is 1.48. The monoisotopic (exact) mass is 393 g/mol. The van der Waals surface area contributed by atoms with E-state index in [1.807, 2.05) is 42.5 Å². The summed E-state index contributed by atoms with van der Waals surface area (Å²) in [6.07, 6.45) is 1.73. The Balaban J connectivity index is 1.73. The molecule has 0 unspecified atom stereocenters. The molecule has 0 radical (unpaired) electrons. The predicted molar refractivity (Wildman–Crippen MR) is 114 cm³/mol. The van der Waals surface area contributed by atoms with Gasteiger partial charge in [-0.25, -0.2) is 0 Å². The number of hydrogen-bond donors (Lipinski definition) is 1. The largest absolute Gasteiger partial charge is 0.504 e. The van der Waals surface area contributed by atoms with Gasteiger partial charge in [0.05, 0.1) is 17.7 Å². The number of phenolic OH excluding ortho intramolecular Hbond substituents is 1. The second-order valence-electron chi connectivity index (χ2n) is 5.95. The van der Waals surface area contributed by atoms with E-state index in [2.05, 4.69) is 0 Å². The zero-order valence-corrected chi connectivity index (χ0v) is 16.0. The van der Waals surface area contributed by atoms with Crippen LogP contribution in [0.2, 0.25) is 0 Å². The van der Waals surface area contributed by atoms with Crippen LogP contribution < -0.4 is 9.64 Å². The minimum absolute atomic E-state index is 0.0239. The molecular weight excluding hydrogens is 378 g/mol. The fraction of sp³-hybridized carbons (Fsp3) is 0.0476. The van der Waals surface area contributed by atoms with E-state index in [9.17, 15) is 9.90 Å². The molecule has 1 fully saturated rings. The number of amides is 1. The van der Waals surface area contributed by atoms with Crippen LogP contribution in [0.15, 0.2) is 65.6 Å². The molecule has 6 heteroatoms. The highest BCUT2D eigenvalue weighted by atomic mass is 32.2. The minimum atomic E-state index is -0.170. The first-order chi connectivity index (χ1) is 13.1. The molecule has 3 aromatic rings. The van der Waals surface area contributed by atoms with Crippen molar-refractivity contribution >= 4 is 56.7 Å². The van der Waals surface area contributed by atoms with E-state index in [0.717, 1.165) is 16.5 Å². The molecule has 27 heavy (non-hydrogen) atoms. The molecule has 0 aliphatic carbocycles. The Morgan fingerprint density at radius 2 is 1.89 bits per heavy atom. The average Bonchev–Trinajstić information content (AvgIpc) is 2.95. The van der Waals surface area contributed by atoms with Crippen molar-refractivity contribution in [2.24, 2.45) is 0 Å². The summed E-state index contributed by atoms with van der Waals surface area (Å²) < 4.78 is 5.54. The van der Waals surface area contributed by atoms with Crippen molar-refractivity contribution in [3.63, 3.8) is 0 Å². The molecule has 4 nitrogen and oxygen atoms in total. The summed E-state index contributed by atoms with van der Waals surface area (Å²) in [5.74, 6) is 0.239. The van der Waals surface area contributed by atoms with Gasteiger partial charge < -0.3 is 9.84 Å². The van der Waals surface area contributed by atoms with E-state index in [1.54, 1.807) is 29.2 Å². The van der Waals surface area contributed by atoms with Crippen LogP contribution in [0, 0.1) is 0 Å². The van der Waals surface area contributed by atoms with Gasteiger partial charge in [0.2, 0.25) is 0 Å². The van der Waals surface area contributed by atoms with Crippen LogP contribution in [0.4, 0.5) is 5.69 Å². The maximum absolute atomic E-state index is 13.0. The Hall–Kier alpha value is -2.83. The molecule has 4 rings (SSSR count). The molecule has 0 atom stereocenters. The number of rotatable bonds is 3. The molecule has 0 spiro atoms. The summed E-state index contributed by atoms with van der Waals surface area (Å²) in [4.78, 5) is 15.1. The van der Waals surface area contributed by atoms with Crippen LogP contribution in [0.1, 0.15) is 5.56 Å². The quantitative estimate of drug-likeness (QED) is 0.503. The van der Waals surface area contributed by atoms with Crippen molar-refractivity contribution in [1.29, 1.82) is 0 Å². The number of thioether (sulfide) groups is 1. The third-order valence-electron chi connectivity index (χ3n) is 4.30. The molecule has 1 aliphatic heterocycles. The number of carbonyl (C=O) groups is 1. The lowest BCUT2D eigenvalue weighted by Crippen LogP contribution is -2.27. The highest BCUT2D eigenvalue weighted by Crippen LogP contribution is 2.39. The molecule has 0 saturated carbocycles. The van der Waals surface area contributed by atoms with Crippen LogP contribution in [-0.2, 0) is 4.79 Å². The third kappa shape index (κ3) is 3.18. The van der Waals surface area contributed by atoms with Crippen LogP contribution in [0.5, 0.6) is 11.5 Å². The second kappa shape index (κ2) is 7.06. The van der Waals surface area contributed by atoms with Crippen LogP contribution >= 0.6 is 24.0 Å². The number of benzene rings is 3. The number of nitrogens with zero attached hydrogens (tertiary/aromatic N) is 1. The zero-order chi connectivity index (χ0) is 19.0. The predicted octanol–water partition coefficient (Wildman–Crippen LogP) is 4.96. The number of thiocarbonyl (C=S) groups is 1. The van der Waals surface area contributed by atoms with Crippen LogP contribution in [0.3, 0.4) is 0 Å². The van der Waals surface area contributed by atoms with Crippen molar-refractivity contribution < 1.29 is 14.6 Å². The van der Waals surface area contributed by atoms with Gasteiger partial charge in [-0.15, -0.1) is 0 Å². The molecule has 1 amide bonds. The van der Waals surface area contributed by atoms with Gasteiger partial charge in [-0.1, -0.05) is 66.4 Å². The lowest BCUT2D eigenvalue weighted by Gasteiger charge is -2.17. The SMILES string of the molecule is COc1ccc(/C=C2\SC(=S)N(c3cccc4ccccc34)C2=O)cc1O. The van der Waals surface area contributed by atoms with Gasteiger partial charge in [0, 0.05) is 5.39 Å². The lowest BCUT2D eigenvalue weighted by atomic mass is 10.1. The summed E-state index contributed by atoms with van der Waals surface area (Å²) >= 11 is 6.73. The van der Waals surface area contributed by atoms with E-state index < -0.39 is 0 Å². The Morgan fingerprint density at radius 3 is 2.67 bits per heavy atom. The molecular formula is C21H15NO3S2. The molecule has 134 valence electrons. The van der Waals surface area contributed by atoms with Crippen LogP contribution in [-0.4, -0.2) is 22.4 Å². The second-order valence-corrected chi connectivity index (χ2v) is 7.62. The number of methoxy groups -OCH3 is 1. The Labute approximate surface area is 166 Å². The molecule has 0 bridgehead atoms. The fourth-order valence-corrected chi connectivity index (χ4v) is 4.31. The molecule has 0 aromatic heterocycles. The van der Waals surface area contributed by atoms with E-state index >= 15 is 0 Å². The van der Waals surface area contributed by atoms with Gasteiger partial charge >= 0.3 is 0 Å². The van der Waals surface area contributed by atoms with Crippen molar-refractivity contribution in [2.45, 2.75) is 0 Å². The first-order valence-corrected chi connectivity index (χ1v) is 9.43. The number of fused-ring (bicyclic) bond motifs is 1. The van der Waals surface area contributed by atoms with E-state index in [-0.39, 0.29) is 11.7 Å². The van der Waals surface area contributed by atoms with Gasteiger partial charge in [0.25, 0.3) is 5.91 Å². The topological polar surface area (TPSA) is 49.8 Å². The van der Waals surface area contributed by atoms with Crippen molar-refractivity contribution in [1.82, 2.24) is 0 Å². The number of phenols is 1. The molecule has 1 saturated heterocycles. The Bertz CT molecular complexity index is 1100. The zero-order valence-electron chi connectivity index (χ0n) is 14.4. The normalized spacial score (nSPS) is 15.7. The highest BCUT2D eigenvalue weighted by Gasteiger charge is 2.34. The van der Waals surface area contributed by atoms with Gasteiger partial charge in [-0.05, 0) is 35.2 Å². The summed E-state index contributed by atoms with van der Waals surface area (Å²) in [6.45, 7) is 0. The number of aromatic hydroxyl groups is 1. The lowest BCUT2D eigenvalue weighted by molar-refractivity contribution is -0.113. The molecule has 1 N–H and O–H groups in total. The molecule has 3 aromatic carbocycles. The third-order valence-corrected chi connectivity index (χ3v) is 5.60.